The molecule has 0 saturated carbocycles. The summed E-state index contributed by atoms with van der Waals surface area (Å²) in [5.41, 5.74) is 1.16. The first-order chi connectivity index (χ1) is 9.08. The van der Waals surface area contributed by atoms with Crippen molar-refractivity contribution in [1.29, 1.82) is 0 Å². The fourth-order valence-corrected chi connectivity index (χ4v) is 1.75. The minimum absolute atomic E-state index is 0.270. The standard InChI is InChI=1S/C15H23NO3/c1-4-6-7-16(3)13-9-12(15(17)18)10-14(11-13)19-8-5-2/h9-11H,4-8H2,1-3H3,(H,17,18). The monoisotopic (exact) mass is 265 g/mol. The van der Waals surface area contributed by atoms with E-state index in [2.05, 4.69) is 11.8 Å². The Hall–Kier alpha value is -1.71. The molecule has 19 heavy (non-hydrogen) atoms. The Morgan fingerprint density at radius 2 is 2.00 bits per heavy atom. The number of carboxylic acids is 1. The van der Waals surface area contributed by atoms with Gasteiger partial charge < -0.3 is 14.7 Å². The van der Waals surface area contributed by atoms with Gasteiger partial charge in [-0.3, -0.25) is 0 Å². The lowest BCUT2D eigenvalue weighted by molar-refractivity contribution is 0.0696. The zero-order valence-electron chi connectivity index (χ0n) is 12.0. The van der Waals surface area contributed by atoms with Crippen LogP contribution < -0.4 is 9.64 Å². The summed E-state index contributed by atoms with van der Waals surface area (Å²) in [5.74, 6) is -0.299. The molecule has 0 spiro atoms. The SMILES string of the molecule is CCCCN(C)c1cc(OCCC)cc(C(=O)O)c1. The molecule has 0 amide bonds. The summed E-state index contributed by atoms with van der Waals surface area (Å²) < 4.78 is 5.55. The summed E-state index contributed by atoms with van der Waals surface area (Å²) in [6, 6.07) is 5.17. The van der Waals surface area contributed by atoms with Gasteiger partial charge in [-0.15, -0.1) is 0 Å². The number of nitrogens with zero attached hydrogens (tertiary/aromatic N) is 1. The quantitative estimate of drug-likeness (QED) is 0.782. The van der Waals surface area contributed by atoms with Gasteiger partial charge in [-0.2, -0.15) is 0 Å². The molecule has 0 aromatic heterocycles. The number of anilines is 1. The van der Waals surface area contributed by atoms with Crippen LogP contribution in [-0.2, 0) is 0 Å². The first-order valence-corrected chi connectivity index (χ1v) is 6.80. The van der Waals surface area contributed by atoms with Gasteiger partial charge in [0, 0.05) is 25.3 Å². The first kappa shape index (κ1) is 15.3. The van der Waals surface area contributed by atoms with E-state index in [0.717, 1.165) is 31.5 Å². The predicted molar refractivity (Wildman–Crippen MR) is 77.4 cm³/mol. The molecule has 0 fully saturated rings. The van der Waals surface area contributed by atoms with Crippen molar-refractivity contribution in [2.24, 2.45) is 0 Å². The Morgan fingerprint density at radius 1 is 1.26 bits per heavy atom. The molecule has 0 aliphatic carbocycles. The molecule has 1 rings (SSSR count). The van der Waals surface area contributed by atoms with E-state index in [9.17, 15) is 4.79 Å². The van der Waals surface area contributed by atoms with E-state index in [-0.39, 0.29) is 5.56 Å². The number of carboxylic acid groups (broad SMARTS) is 1. The molecule has 0 aliphatic heterocycles. The minimum Gasteiger partial charge on any atom is -0.494 e. The van der Waals surface area contributed by atoms with Crippen molar-refractivity contribution in [3.05, 3.63) is 23.8 Å². The second kappa shape index (κ2) is 7.67. The summed E-state index contributed by atoms with van der Waals surface area (Å²) in [7, 11) is 1.97. The third kappa shape index (κ3) is 4.81. The molecular formula is C15H23NO3. The average Bonchev–Trinajstić information content (AvgIpc) is 2.42. The molecule has 1 N–H and O–H groups in total. The van der Waals surface area contributed by atoms with Crippen molar-refractivity contribution in [3.63, 3.8) is 0 Å². The minimum atomic E-state index is -0.924. The molecule has 4 heteroatoms. The highest BCUT2D eigenvalue weighted by molar-refractivity contribution is 5.89. The van der Waals surface area contributed by atoms with Crippen LogP contribution in [0.2, 0.25) is 0 Å². The second-order valence-electron chi connectivity index (χ2n) is 4.64. The second-order valence-corrected chi connectivity index (χ2v) is 4.64. The molecular weight excluding hydrogens is 242 g/mol. The maximum atomic E-state index is 11.1. The highest BCUT2D eigenvalue weighted by Gasteiger charge is 2.10. The number of ether oxygens (including phenoxy) is 1. The maximum absolute atomic E-state index is 11.1. The van der Waals surface area contributed by atoms with Gasteiger partial charge in [0.25, 0.3) is 0 Å². The number of rotatable bonds is 8. The fourth-order valence-electron chi connectivity index (χ4n) is 1.75. The summed E-state index contributed by atoms with van der Waals surface area (Å²) in [5, 5.41) is 9.14. The normalized spacial score (nSPS) is 10.3. The van der Waals surface area contributed by atoms with E-state index in [1.54, 1.807) is 12.1 Å². The molecule has 0 atom stereocenters. The molecule has 106 valence electrons. The lowest BCUT2D eigenvalue weighted by Crippen LogP contribution is -2.19. The molecule has 0 aliphatic rings. The number of hydrogen-bond donors (Lipinski definition) is 1. The van der Waals surface area contributed by atoms with Crippen molar-refractivity contribution in [2.45, 2.75) is 33.1 Å². The largest absolute Gasteiger partial charge is 0.494 e. The molecule has 0 heterocycles. The summed E-state index contributed by atoms with van der Waals surface area (Å²) in [4.78, 5) is 13.2. The smallest absolute Gasteiger partial charge is 0.335 e. The zero-order valence-corrected chi connectivity index (χ0v) is 12.0. The van der Waals surface area contributed by atoms with Crippen LogP contribution in [0.5, 0.6) is 5.75 Å². The fraction of sp³-hybridized carbons (Fsp3) is 0.533. The number of benzene rings is 1. The van der Waals surface area contributed by atoms with E-state index < -0.39 is 5.97 Å². The number of unbranched alkanes of at least 4 members (excludes halogenated alkanes) is 1. The van der Waals surface area contributed by atoms with E-state index in [4.69, 9.17) is 9.84 Å². The molecule has 1 aromatic carbocycles. The molecule has 0 radical (unpaired) electrons. The topological polar surface area (TPSA) is 49.8 Å². The molecule has 0 bridgehead atoms. The van der Waals surface area contributed by atoms with Crippen LogP contribution >= 0.6 is 0 Å². The van der Waals surface area contributed by atoms with E-state index in [1.165, 1.54) is 0 Å². The van der Waals surface area contributed by atoms with Gasteiger partial charge >= 0.3 is 5.97 Å². The zero-order chi connectivity index (χ0) is 14.3. The lowest BCUT2D eigenvalue weighted by atomic mass is 10.1. The van der Waals surface area contributed by atoms with Crippen LogP contribution in [0.1, 0.15) is 43.5 Å². The van der Waals surface area contributed by atoms with Gasteiger partial charge in [0.05, 0.1) is 12.2 Å². The van der Waals surface area contributed by atoms with E-state index in [0.29, 0.717) is 12.4 Å². The van der Waals surface area contributed by atoms with Gasteiger partial charge in [0.2, 0.25) is 0 Å². The number of carbonyl (C=O) groups is 1. The Bertz CT molecular complexity index is 418. The van der Waals surface area contributed by atoms with Crippen LogP contribution in [0.3, 0.4) is 0 Å². The molecule has 0 saturated heterocycles. The van der Waals surface area contributed by atoms with Gasteiger partial charge in [-0.05, 0) is 25.0 Å². The van der Waals surface area contributed by atoms with Crippen molar-refractivity contribution >= 4 is 11.7 Å². The van der Waals surface area contributed by atoms with Gasteiger partial charge in [0.1, 0.15) is 5.75 Å². The van der Waals surface area contributed by atoms with Gasteiger partial charge in [-0.25, -0.2) is 4.79 Å². The first-order valence-electron chi connectivity index (χ1n) is 6.80. The lowest BCUT2D eigenvalue weighted by Gasteiger charge is -2.20. The van der Waals surface area contributed by atoms with E-state index in [1.807, 2.05) is 20.0 Å². The average molecular weight is 265 g/mol. The summed E-state index contributed by atoms with van der Waals surface area (Å²) in [6.45, 7) is 5.67. The molecule has 1 aromatic rings. The van der Waals surface area contributed by atoms with Gasteiger partial charge in [-0.1, -0.05) is 20.3 Å². The Kier molecular flexibility index (Phi) is 6.19. The van der Waals surface area contributed by atoms with Crippen molar-refractivity contribution in [1.82, 2.24) is 0 Å². The Labute approximate surface area is 115 Å². The van der Waals surface area contributed by atoms with Crippen molar-refractivity contribution in [3.8, 4) is 5.75 Å². The summed E-state index contributed by atoms with van der Waals surface area (Å²) in [6.07, 6.45) is 3.10. The summed E-state index contributed by atoms with van der Waals surface area (Å²) >= 11 is 0. The molecule has 4 nitrogen and oxygen atoms in total. The van der Waals surface area contributed by atoms with Crippen LogP contribution in [-0.4, -0.2) is 31.3 Å². The van der Waals surface area contributed by atoms with Gasteiger partial charge in [0.15, 0.2) is 0 Å². The molecule has 0 unspecified atom stereocenters. The third-order valence-corrected chi connectivity index (χ3v) is 2.90. The number of aromatic carboxylic acids is 1. The van der Waals surface area contributed by atoms with Crippen molar-refractivity contribution < 1.29 is 14.6 Å². The highest BCUT2D eigenvalue weighted by Crippen LogP contribution is 2.24. The van der Waals surface area contributed by atoms with Crippen LogP contribution in [0, 0.1) is 0 Å². The van der Waals surface area contributed by atoms with E-state index >= 15 is 0 Å². The van der Waals surface area contributed by atoms with Crippen LogP contribution in [0.4, 0.5) is 5.69 Å². The number of hydrogen-bond acceptors (Lipinski definition) is 3. The third-order valence-electron chi connectivity index (χ3n) is 2.90. The highest BCUT2D eigenvalue weighted by atomic mass is 16.5. The Morgan fingerprint density at radius 3 is 2.58 bits per heavy atom. The predicted octanol–water partition coefficient (Wildman–Crippen LogP) is 3.41. The van der Waals surface area contributed by atoms with Crippen LogP contribution in [0.25, 0.3) is 0 Å². The Balaban J connectivity index is 2.94. The van der Waals surface area contributed by atoms with Crippen molar-refractivity contribution in [2.75, 3.05) is 25.1 Å². The maximum Gasteiger partial charge on any atom is 0.335 e. The van der Waals surface area contributed by atoms with Crippen LogP contribution in [0.15, 0.2) is 18.2 Å².